The number of nitrogens with zero attached hydrogens (tertiary/aromatic N) is 1. The zero-order valence-corrected chi connectivity index (χ0v) is 11.9. The zero-order chi connectivity index (χ0) is 14.2. The Bertz CT molecular complexity index is 646. The third-order valence-corrected chi connectivity index (χ3v) is 4.76. The van der Waals surface area contributed by atoms with Gasteiger partial charge in [-0.2, -0.15) is 0 Å². The Morgan fingerprint density at radius 3 is 2.85 bits per heavy atom. The second kappa shape index (κ2) is 4.90. The maximum atomic E-state index is 10.8. The van der Waals surface area contributed by atoms with Gasteiger partial charge in [-0.25, -0.2) is 4.98 Å². The van der Waals surface area contributed by atoms with Crippen LogP contribution in [-0.2, 0) is 16.6 Å². The highest BCUT2D eigenvalue weighted by Crippen LogP contribution is 2.56. The van der Waals surface area contributed by atoms with Crippen LogP contribution in [0.3, 0.4) is 0 Å². The van der Waals surface area contributed by atoms with Crippen LogP contribution in [0.4, 0.5) is 0 Å². The highest BCUT2D eigenvalue weighted by molar-refractivity contribution is 7.10. The molecule has 1 N–H and O–H groups in total. The molecule has 3 rings (SSSR count). The number of carboxylic acids is 1. The molecule has 104 valence electrons. The molecule has 0 amide bonds. The van der Waals surface area contributed by atoms with E-state index >= 15 is 0 Å². The van der Waals surface area contributed by atoms with Crippen molar-refractivity contribution in [2.24, 2.45) is 0 Å². The summed E-state index contributed by atoms with van der Waals surface area (Å²) in [5, 5.41) is 11.7. The molecule has 20 heavy (non-hydrogen) atoms. The van der Waals surface area contributed by atoms with Crippen molar-refractivity contribution < 1.29 is 14.6 Å². The molecule has 1 heterocycles. The fourth-order valence-electron chi connectivity index (χ4n) is 2.53. The van der Waals surface area contributed by atoms with Crippen LogP contribution in [0.2, 0.25) is 0 Å². The number of rotatable bonds is 5. The minimum Gasteiger partial charge on any atom is -0.496 e. The van der Waals surface area contributed by atoms with Crippen molar-refractivity contribution in [2.45, 2.75) is 24.7 Å². The van der Waals surface area contributed by atoms with Gasteiger partial charge < -0.3 is 9.84 Å². The zero-order valence-electron chi connectivity index (χ0n) is 11.1. The predicted molar refractivity (Wildman–Crippen MR) is 76.5 cm³/mol. The maximum absolute atomic E-state index is 10.8. The maximum Gasteiger partial charge on any atom is 0.309 e. The molecule has 0 spiro atoms. The summed E-state index contributed by atoms with van der Waals surface area (Å²) in [6, 6.07) is 7.99. The second-order valence-electron chi connectivity index (χ2n) is 5.00. The van der Waals surface area contributed by atoms with Gasteiger partial charge >= 0.3 is 5.97 Å². The molecule has 0 saturated heterocycles. The van der Waals surface area contributed by atoms with Crippen molar-refractivity contribution in [3.05, 3.63) is 45.9 Å². The molecule has 1 aromatic heterocycles. The molecule has 2 aromatic rings. The van der Waals surface area contributed by atoms with Crippen LogP contribution in [0.15, 0.2) is 29.6 Å². The van der Waals surface area contributed by atoms with Gasteiger partial charge in [-0.3, -0.25) is 4.79 Å². The van der Waals surface area contributed by atoms with Gasteiger partial charge in [0.2, 0.25) is 0 Å². The molecule has 0 bridgehead atoms. The van der Waals surface area contributed by atoms with Gasteiger partial charge in [-0.1, -0.05) is 18.2 Å². The largest absolute Gasteiger partial charge is 0.496 e. The number of ether oxygens (including phenoxy) is 1. The van der Waals surface area contributed by atoms with Crippen LogP contribution in [0.25, 0.3) is 0 Å². The third-order valence-electron chi connectivity index (χ3n) is 3.67. The molecule has 4 nitrogen and oxygen atoms in total. The number of thiazole rings is 1. The van der Waals surface area contributed by atoms with Crippen LogP contribution in [0.5, 0.6) is 5.75 Å². The number of aromatic nitrogens is 1. The molecule has 1 aliphatic rings. The number of carboxylic acid groups (broad SMARTS) is 1. The minimum atomic E-state index is -0.844. The second-order valence-corrected chi connectivity index (χ2v) is 5.86. The van der Waals surface area contributed by atoms with Gasteiger partial charge in [0.1, 0.15) is 10.8 Å². The van der Waals surface area contributed by atoms with Crippen molar-refractivity contribution in [3.63, 3.8) is 0 Å². The fourth-order valence-corrected chi connectivity index (χ4v) is 3.62. The quantitative estimate of drug-likeness (QED) is 0.919. The van der Waals surface area contributed by atoms with Crippen molar-refractivity contribution >= 4 is 17.3 Å². The lowest BCUT2D eigenvalue weighted by Gasteiger charge is -2.16. The summed E-state index contributed by atoms with van der Waals surface area (Å²) in [6.45, 7) is 0. The first kappa shape index (κ1) is 13.1. The van der Waals surface area contributed by atoms with Crippen LogP contribution in [0.1, 0.15) is 29.1 Å². The highest BCUT2D eigenvalue weighted by Gasteiger charge is 2.50. The molecule has 0 unspecified atom stereocenters. The summed E-state index contributed by atoms with van der Waals surface area (Å²) in [7, 11) is 1.67. The van der Waals surface area contributed by atoms with Gasteiger partial charge in [-0.15, -0.1) is 11.3 Å². The number of hydrogen-bond acceptors (Lipinski definition) is 4. The van der Waals surface area contributed by atoms with E-state index in [2.05, 4.69) is 11.1 Å². The lowest BCUT2D eigenvalue weighted by molar-refractivity contribution is -0.136. The molecule has 0 atom stereocenters. The average molecular weight is 289 g/mol. The third kappa shape index (κ3) is 2.18. The van der Waals surface area contributed by atoms with Gasteiger partial charge in [0.05, 0.1) is 24.6 Å². The van der Waals surface area contributed by atoms with E-state index in [0.29, 0.717) is 5.69 Å². The number of para-hydroxylation sites is 1. The first-order valence-corrected chi connectivity index (χ1v) is 7.34. The highest BCUT2D eigenvalue weighted by atomic mass is 32.1. The monoisotopic (exact) mass is 289 g/mol. The van der Waals surface area contributed by atoms with Crippen LogP contribution >= 0.6 is 11.3 Å². The smallest absolute Gasteiger partial charge is 0.309 e. The fraction of sp³-hybridized carbons (Fsp3) is 0.333. The van der Waals surface area contributed by atoms with Crippen LogP contribution in [0, 0.1) is 0 Å². The van der Waals surface area contributed by atoms with E-state index in [1.165, 1.54) is 0 Å². The average Bonchev–Trinajstić information content (AvgIpc) is 3.12. The van der Waals surface area contributed by atoms with E-state index in [1.54, 1.807) is 18.4 Å². The Morgan fingerprint density at radius 2 is 2.20 bits per heavy atom. The summed E-state index contributed by atoms with van der Waals surface area (Å²) in [6.07, 6.45) is 2.05. The molecular formula is C15H15NO3S. The number of benzene rings is 1. The lowest BCUT2D eigenvalue weighted by atomic mass is 9.95. The number of hydrogen-bond donors (Lipinski definition) is 1. The van der Waals surface area contributed by atoms with E-state index in [0.717, 1.165) is 29.2 Å². The van der Waals surface area contributed by atoms with Gasteiger partial charge in [0.15, 0.2) is 0 Å². The SMILES string of the molecule is COc1ccccc1C1(c2nc(CC(=O)O)cs2)CC1. The van der Waals surface area contributed by atoms with Gasteiger partial charge in [0.25, 0.3) is 0 Å². The summed E-state index contributed by atoms with van der Waals surface area (Å²) in [4.78, 5) is 15.3. The molecule has 1 fully saturated rings. The Labute approximate surface area is 121 Å². The number of carbonyl (C=O) groups is 1. The molecule has 5 heteroatoms. The topological polar surface area (TPSA) is 59.4 Å². The van der Waals surface area contributed by atoms with E-state index in [-0.39, 0.29) is 11.8 Å². The summed E-state index contributed by atoms with van der Waals surface area (Å²) in [5.74, 6) is 0.0315. The summed E-state index contributed by atoms with van der Waals surface area (Å²) in [5.41, 5.74) is 1.71. The first-order valence-electron chi connectivity index (χ1n) is 6.46. The molecule has 0 aliphatic heterocycles. The molecule has 0 radical (unpaired) electrons. The van der Waals surface area contributed by atoms with Gasteiger partial charge in [0, 0.05) is 10.9 Å². The Balaban J connectivity index is 1.96. The van der Waals surface area contributed by atoms with E-state index in [4.69, 9.17) is 9.84 Å². The number of methoxy groups -OCH3 is 1. The Kier molecular flexibility index (Phi) is 3.22. The van der Waals surface area contributed by atoms with Crippen molar-refractivity contribution in [1.82, 2.24) is 4.98 Å². The first-order chi connectivity index (χ1) is 9.65. The van der Waals surface area contributed by atoms with E-state index in [9.17, 15) is 4.79 Å². The Hall–Kier alpha value is -1.88. The minimum absolute atomic E-state index is 0.0154. The van der Waals surface area contributed by atoms with Gasteiger partial charge in [-0.05, 0) is 18.9 Å². The number of aliphatic carboxylic acids is 1. The van der Waals surface area contributed by atoms with Crippen molar-refractivity contribution in [2.75, 3.05) is 7.11 Å². The molecule has 1 aromatic carbocycles. The molecule has 1 saturated carbocycles. The Morgan fingerprint density at radius 1 is 1.45 bits per heavy atom. The normalized spacial score (nSPS) is 15.8. The standard InChI is InChI=1S/C15H15NO3S/c1-19-12-5-3-2-4-11(12)15(6-7-15)14-16-10(9-20-14)8-13(17)18/h2-5,9H,6-8H2,1H3,(H,17,18). The van der Waals surface area contributed by atoms with Crippen molar-refractivity contribution in [1.29, 1.82) is 0 Å². The molecular weight excluding hydrogens is 274 g/mol. The van der Waals surface area contributed by atoms with Crippen LogP contribution < -0.4 is 4.74 Å². The molecule has 1 aliphatic carbocycles. The predicted octanol–water partition coefficient (Wildman–Crippen LogP) is 2.86. The van der Waals surface area contributed by atoms with E-state index < -0.39 is 5.97 Å². The van der Waals surface area contributed by atoms with Crippen LogP contribution in [-0.4, -0.2) is 23.2 Å². The van der Waals surface area contributed by atoms with E-state index in [1.807, 2.05) is 23.6 Å². The lowest BCUT2D eigenvalue weighted by Crippen LogP contribution is -2.10. The summed E-state index contributed by atoms with van der Waals surface area (Å²) >= 11 is 1.55. The summed E-state index contributed by atoms with van der Waals surface area (Å²) < 4.78 is 5.45. The van der Waals surface area contributed by atoms with Crippen molar-refractivity contribution in [3.8, 4) is 5.75 Å².